The lowest BCUT2D eigenvalue weighted by Crippen LogP contribution is -2.37. The molecule has 1 aromatic rings. The van der Waals surface area contributed by atoms with Gasteiger partial charge in [-0.3, -0.25) is 14.5 Å². The molecule has 1 heterocycles. The molecule has 1 saturated heterocycles. The van der Waals surface area contributed by atoms with Gasteiger partial charge in [0.25, 0.3) is 0 Å². The highest BCUT2D eigenvalue weighted by molar-refractivity contribution is 6.03. The van der Waals surface area contributed by atoms with Crippen LogP contribution in [0.5, 0.6) is 0 Å². The number of hydrogen-bond donors (Lipinski definition) is 0. The summed E-state index contributed by atoms with van der Waals surface area (Å²) in [6, 6.07) is 8.61. The van der Waals surface area contributed by atoms with E-state index in [0.717, 1.165) is 0 Å². The molecule has 1 aromatic carbocycles. The molecule has 5 heteroatoms. The van der Waals surface area contributed by atoms with E-state index in [2.05, 4.69) is 0 Å². The van der Waals surface area contributed by atoms with Crippen molar-refractivity contribution in [3.63, 3.8) is 0 Å². The fraction of sp³-hybridized carbons (Fsp3) is 0.400. The molecule has 2 rings (SSSR count). The van der Waals surface area contributed by atoms with Crippen LogP contribution in [-0.4, -0.2) is 35.3 Å². The Morgan fingerprint density at radius 1 is 1.35 bits per heavy atom. The fourth-order valence-electron chi connectivity index (χ4n) is 2.16. The van der Waals surface area contributed by atoms with Crippen molar-refractivity contribution in [2.45, 2.75) is 26.4 Å². The number of benzene rings is 1. The van der Waals surface area contributed by atoms with Crippen molar-refractivity contribution < 1.29 is 19.1 Å². The second kappa shape index (κ2) is 5.86. The maximum absolute atomic E-state index is 11.8. The van der Waals surface area contributed by atoms with Crippen molar-refractivity contribution in [2.75, 3.05) is 6.54 Å². The van der Waals surface area contributed by atoms with Crippen LogP contribution in [0.15, 0.2) is 30.3 Å². The number of esters is 1. The Morgan fingerprint density at radius 2 is 2.00 bits per heavy atom. The van der Waals surface area contributed by atoms with Gasteiger partial charge in [0.05, 0.1) is 12.1 Å². The molecule has 2 atom stereocenters. The molecule has 5 nitrogen and oxygen atoms in total. The molecule has 20 heavy (non-hydrogen) atoms. The van der Waals surface area contributed by atoms with Gasteiger partial charge in [0.15, 0.2) is 0 Å². The largest absolute Gasteiger partial charge is 0.457 e. The number of rotatable bonds is 4. The minimum Gasteiger partial charge on any atom is -0.457 e. The first-order valence-corrected chi connectivity index (χ1v) is 6.59. The summed E-state index contributed by atoms with van der Waals surface area (Å²) in [4.78, 5) is 36.4. The Kier molecular flexibility index (Phi) is 4.17. The molecule has 2 unspecified atom stereocenters. The second-order valence-corrected chi connectivity index (χ2v) is 5.03. The molecule has 0 N–H and O–H groups in total. The van der Waals surface area contributed by atoms with E-state index in [4.69, 9.17) is 4.74 Å². The molecular formula is C15H17NO4. The Balaban J connectivity index is 1.93. The topological polar surface area (TPSA) is 63.7 Å². The summed E-state index contributed by atoms with van der Waals surface area (Å²) in [6.45, 7) is 3.51. The Bertz CT molecular complexity index is 526. The maximum atomic E-state index is 11.8. The van der Waals surface area contributed by atoms with Gasteiger partial charge in [-0.25, -0.2) is 4.79 Å². The third-order valence-corrected chi connectivity index (χ3v) is 3.23. The van der Waals surface area contributed by atoms with E-state index in [0.29, 0.717) is 5.56 Å². The number of ether oxygens (including phenoxy) is 1. The summed E-state index contributed by atoms with van der Waals surface area (Å²) in [5, 5.41) is 0. The van der Waals surface area contributed by atoms with Crippen LogP contribution in [0, 0.1) is 5.92 Å². The van der Waals surface area contributed by atoms with E-state index in [1.165, 1.54) is 4.90 Å². The molecular weight excluding hydrogens is 258 g/mol. The fourth-order valence-corrected chi connectivity index (χ4v) is 2.16. The highest BCUT2D eigenvalue weighted by Gasteiger charge is 2.36. The van der Waals surface area contributed by atoms with Crippen LogP contribution in [0.3, 0.4) is 0 Å². The zero-order chi connectivity index (χ0) is 14.7. The molecule has 0 radical (unpaired) electrons. The quantitative estimate of drug-likeness (QED) is 0.619. The molecule has 106 valence electrons. The minimum atomic E-state index is -0.527. The minimum absolute atomic E-state index is 0.112. The SMILES string of the molecule is CC(CN1C(=O)CC(C)C1=O)OC(=O)c1ccccc1. The summed E-state index contributed by atoms with van der Waals surface area (Å²) in [5.74, 6) is -1.13. The van der Waals surface area contributed by atoms with Gasteiger partial charge in [0.2, 0.25) is 11.8 Å². The lowest BCUT2D eigenvalue weighted by Gasteiger charge is -2.20. The van der Waals surface area contributed by atoms with Gasteiger partial charge in [-0.1, -0.05) is 25.1 Å². The second-order valence-electron chi connectivity index (χ2n) is 5.03. The Labute approximate surface area is 117 Å². The van der Waals surface area contributed by atoms with Gasteiger partial charge in [-0.2, -0.15) is 0 Å². The number of carbonyl (C=O) groups excluding carboxylic acids is 3. The lowest BCUT2D eigenvalue weighted by atomic mass is 10.1. The van der Waals surface area contributed by atoms with E-state index in [-0.39, 0.29) is 30.7 Å². The first-order chi connectivity index (χ1) is 9.49. The standard InChI is InChI=1S/C15H17NO4/c1-10-8-13(17)16(14(10)18)9-11(2)20-15(19)12-6-4-3-5-7-12/h3-7,10-11H,8-9H2,1-2H3. The number of carbonyl (C=O) groups is 3. The number of amides is 2. The van der Waals surface area contributed by atoms with Crippen molar-refractivity contribution >= 4 is 17.8 Å². The summed E-state index contributed by atoms with van der Waals surface area (Å²) in [7, 11) is 0. The van der Waals surface area contributed by atoms with Crippen LogP contribution in [0.2, 0.25) is 0 Å². The third-order valence-electron chi connectivity index (χ3n) is 3.23. The van der Waals surface area contributed by atoms with Crippen molar-refractivity contribution in [1.29, 1.82) is 0 Å². The Hall–Kier alpha value is -2.17. The van der Waals surface area contributed by atoms with Crippen LogP contribution in [0.1, 0.15) is 30.6 Å². The zero-order valence-corrected chi connectivity index (χ0v) is 11.5. The molecule has 1 fully saturated rings. The molecule has 0 saturated carbocycles. The predicted molar refractivity (Wildman–Crippen MR) is 71.8 cm³/mol. The van der Waals surface area contributed by atoms with Gasteiger partial charge in [0, 0.05) is 12.3 Å². The van der Waals surface area contributed by atoms with Crippen molar-refractivity contribution in [3.8, 4) is 0 Å². The van der Waals surface area contributed by atoms with Crippen LogP contribution >= 0.6 is 0 Å². The number of hydrogen-bond acceptors (Lipinski definition) is 4. The lowest BCUT2D eigenvalue weighted by molar-refractivity contribution is -0.140. The van der Waals surface area contributed by atoms with E-state index >= 15 is 0 Å². The average Bonchev–Trinajstić information content (AvgIpc) is 2.66. The van der Waals surface area contributed by atoms with Gasteiger partial charge >= 0.3 is 5.97 Å². The third kappa shape index (κ3) is 3.04. The van der Waals surface area contributed by atoms with E-state index < -0.39 is 12.1 Å². The van der Waals surface area contributed by atoms with Gasteiger partial charge < -0.3 is 4.74 Å². The van der Waals surface area contributed by atoms with Gasteiger partial charge in [-0.15, -0.1) is 0 Å². The summed E-state index contributed by atoms with van der Waals surface area (Å²) < 4.78 is 5.25. The number of likely N-dealkylation sites (tertiary alicyclic amines) is 1. The highest BCUT2D eigenvalue weighted by Crippen LogP contribution is 2.19. The molecule has 0 aliphatic carbocycles. The van der Waals surface area contributed by atoms with Gasteiger partial charge in [0.1, 0.15) is 6.10 Å². The van der Waals surface area contributed by atoms with E-state index in [9.17, 15) is 14.4 Å². The first-order valence-electron chi connectivity index (χ1n) is 6.59. The van der Waals surface area contributed by atoms with Crippen LogP contribution < -0.4 is 0 Å². The maximum Gasteiger partial charge on any atom is 0.338 e. The number of nitrogens with zero attached hydrogens (tertiary/aromatic N) is 1. The van der Waals surface area contributed by atoms with Crippen molar-refractivity contribution in [1.82, 2.24) is 4.90 Å². The van der Waals surface area contributed by atoms with Crippen LogP contribution in [0.25, 0.3) is 0 Å². The normalized spacial score (nSPS) is 20.1. The van der Waals surface area contributed by atoms with Crippen molar-refractivity contribution in [2.24, 2.45) is 5.92 Å². The predicted octanol–water partition coefficient (Wildman–Crippen LogP) is 1.63. The summed E-state index contributed by atoms with van der Waals surface area (Å²) in [5.41, 5.74) is 0.451. The summed E-state index contributed by atoms with van der Waals surface area (Å²) in [6.07, 6.45) is -0.293. The average molecular weight is 275 g/mol. The van der Waals surface area contributed by atoms with Crippen molar-refractivity contribution in [3.05, 3.63) is 35.9 Å². The molecule has 0 spiro atoms. The smallest absolute Gasteiger partial charge is 0.338 e. The molecule has 2 amide bonds. The number of imide groups is 1. The van der Waals surface area contributed by atoms with E-state index in [1.807, 2.05) is 6.07 Å². The van der Waals surface area contributed by atoms with Crippen LogP contribution in [0.4, 0.5) is 0 Å². The Morgan fingerprint density at radius 3 is 2.55 bits per heavy atom. The zero-order valence-electron chi connectivity index (χ0n) is 11.5. The molecule has 1 aliphatic rings. The van der Waals surface area contributed by atoms with Crippen LogP contribution in [-0.2, 0) is 14.3 Å². The van der Waals surface area contributed by atoms with Gasteiger partial charge in [-0.05, 0) is 19.1 Å². The molecule has 1 aliphatic heterocycles. The van der Waals surface area contributed by atoms with E-state index in [1.54, 1.807) is 38.1 Å². The highest BCUT2D eigenvalue weighted by atomic mass is 16.5. The molecule has 0 bridgehead atoms. The first kappa shape index (κ1) is 14.2. The molecule has 0 aromatic heterocycles. The monoisotopic (exact) mass is 275 g/mol. The summed E-state index contributed by atoms with van der Waals surface area (Å²) >= 11 is 0.